The molecule has 1 atom stereocenters. The lowest BCUT2D eigenvalue weighted by atomic mass is 10.2. The van der Waals surface area contributed by atoms with E-state index < -0.39 is 10.0 Å². The van der Waals surface area contributed by atoms with E-state index in [4.69, 9.17) is 5.73 Å². The van der Waals surface area contributed by atoms with Crippen LogP contribution in [-0.4, -0.2) is 50.3 Å². The molecule has 1 aromatic rings. The Hall–Kier alpha value is -1.11. The van der Waals surface area contributed by atoms with Gasteiger partial charge in [-0.1, -0.05) is 12.1 Å². The van der Waals surface area contributed by atoms with Crippen molar-refractivity contribution in [3.8, 4) is 0 Å². The highest BCUT2D eigenvalue weighted by molar-refractivity contribution is 7.89. The summed E-state index contributed by atoms with van der Waals surface area (Å²) >= 11 is 0. The van der Waals surface area contributed by atoms with Crippen LogP contribution in [0, 0.1) is 6.92 Å². The van der Waals surface area contributed by atoms with Crippen LogP contribution in [0.4, 0.5) is 5.69 Å². The number of nitrogens with two attached hydrogens (primary N) is 1. The van der Waals surface area contributed by atoms with Crippen LogP contribution in [0.2, 0.25) is 0 Å². The Morgan fingerprint density at radius 2 is 2.00 bits per heavy atom. The third kappa shape index (κ3) is 2.61. The summed E-state index contributed by atoms with van der Waals surface area (Å²) in [7, 11) is -1.49. The largest absolute Gasteiger partial charge is 0.398 e. The van der Waals surface area contributed by atoms with E-state index in [-0.39, 0.29) is 10.9 Å². The predicted molar refractivity (Wildman–Crippen MR) is 76.4 cm³/mol. The molecule has 5 nitrogen and oxygen atoms in total. The summed E-state index contributed by atoms with van der Waals surface area (Å²) in [6.07, 6.45) is 0. The zero-order chi connectivity index (χ0) is 14.2. The maximum atomic E-state index is 12.7. The van der Waals surface area contributed by atoms with Gasteiger partial charge in [0.25, 0.3) is 0 Å². The average molecular weight is 283 g/mol. The van der Waals surface area contributed by atoms with Gasteiger partial charge >= 0.3 is 0 Å². The smallest absolute Gasteiger partial charge is 0.245 e. The summed E-state index contributed by atoms with van der Waals surface area (Å²) in [4.78, 5) is 2.42. The molecule has 106 valence electrons. The summed E-state index contributed by atoms with van der Waals surface area (Å²) < 4.78 is 27.0. The quantitative estimate of drug-likeness (QED) is 0.819. The molecule has 0 amide bonds. The number of hydrogen-bond acceptors (Lipinski definition) is 4. The summed E-state index contributed by atoms with van der Waals surface area (Å²) in [5.74, 6) is 0. The molecule has 1 unspecified atom stereocenters. The molecule has 0 aliphatic carbocycles. The van der Waals surface area contributed by atoms with E-state index in [1.165, 1.54) is 4.31 Å². The van der Waals surface area contributed by atoms with Crippen LogP contribution < -0.4 is 5.73 Å². The minimum Gasteiger partial charge on any atom is -0.398 e. The van der Waals surface area contributed by atoms with Gasteiger partial charge in [0.2, 0.25) is 10.0 Å². The number of likely N-dealkylation sites (N-methyl/N-ethyl adjacent to an activating group) is 1. The molecule has 0 aromatic heterocycles. The fraction of sp³-hybridized carbons (Fsp3) is 0.538. The third-order valence-electron chi connectivity index (χ3n) is 3.76. The van der Waals surface area contributed by atoms with E-state index in [1.807, 2.05) is 14.0 Å². The van der Waals surface area contributed by atoms with Gasteiger partial charge in [0, 0.05) is 25.7 Å². The first-order chi connectivity index (χ1) is 8.84. The molecule has 1 aromatic carbocycles. The predicted octanol–water partition coefficient (Wildman–Crippen LogP) is 0.902. The van der Waals surface area contributed by atoms with Crippen LogP contribution in [0.3, 0.4) is 0 Å². The van der Waals surface area contributed by atoms with Gasteiger partial charge in [-0.05, 0) is 32.5 Å². The second-order valence-electron chi connectivity index (χ2n) is 5.19. The van der Waals surface area contributed by atoms with Crippen molar-refractivity contribution in [1.82, 2.24) is 9.21 Å². The summed E-state index contributed by atoms with van der Waals surface area (Å²) in [6, 6.07) is 5.41. The molecule has 6 heteroatoms. The number of anilines is 1. The first-order valence-electron chi connectivity index (χ1n) is 6.39. The fourth-order valence-corrected chi connectivity index (χ4v) is 4.22. The Morgan fingerprint density at radius 3 is 2.58 bits per heavy atom. The van der Waals surface area contributed by atoms with Crippen molar-refractivity contribution in [2.24, 2.45) is 0 Å². The van der Waals surface area contributed by atoms with Crippen molar-refractivity contribution in [1.29, 1.82) is 0 Å². The third-order valence-corrected chi connectivity index (χ3v) is 5.85. The van der Waals surface area contributed by atoms with Gasteiger partial charge in [0.05, 0.1) is 5.69 Å². The number of nitrogens with zero attached hydrogens (tertiary/aromatic N) is 2. The van der Waals surface area contributed by atoms with Gasteiger partial charge in [-0.2, -0.15) is 4.31 Å². The monoisotopic (exact) mass is 283 g/mol. The zero-order valence-corrected chi connectivity index (χ0v) is 12.4. The molecule has 19 heavy (non-hydrogen) atoms. The molecule has 0 radical (unpaired) electrons. The fourth-order valence-electron chi connectivity index (χ4n) is 2.39. The highest BCUT2D eigenvalue weighted by atomic mass is 32.2. The number of rotatable bonds is 2. The lowest BCUT2D eigenvalue weighted by molar-refractivity contribution is 0.159. The second kappa shape index (κ2) is 5.11. The minimum absolute atomic E-state index is 0.216. The topological polar surface area (TPSA) is 66.6 Å². The van der Waals surface area contributed by atoms with Crippen LogP contribution in [0.1, 0.15) is 12.5 Å². The van der Waals surface area contributed by atoms with E-state index in [1.54, 1.807) is 25.1 Å². The van der Waals surface area contributed by atoms with Gasteiger partial charge in [-0.15, -0.1) is 0 Å². The minimum atomic E-state index is -3.50. The standard InChI is InChI=1S/C13H21N3O2S/c1-10-5-4-6-12(14)13(10)19(17,18)16-8-7-15(3)11(2)9-16/h4-6,11H,7-9,14H2,1-3H3. The molecule has 1 heterocycles. The normalized spacial score (nSPS) is 22.6. The molecule has 0 saturated carbocycles. The second-order valence-corrected chi connectivity index (χ2v) is 7.06. The molecule has 1 aliphatic heterocycles. The molecule has 1 saturated heterocycles. The summed E-state index contributed by atoms with van der Waals surface area (Å²) in [6.45, 7) is 5.57. The molecule has 1 aliphatic rings. The van der Waals surface area contributed by atoms with Crippen molar-refractivity contribution >= 4 is 15.7 Å². The number of piperazine rings is 1. The molecule has 1 fully saturated rings. The maximum Gasteiger partial charge on any atom is 0.245 e. The first kappa shape index (κ1) is 14.3. The van der Waals surface area contributed by atoms with Crippen molar-refractivity contribution < 1.29 is 8.42 Å². The Kier molecular flexibility index (Phi) is 3.85. The number of nitrogen functional groups attached to an aromatic ring is 1. The molecular weight excluding hydrogens is 262 g/mol. The van der Waals surface area contributed by atoms with E-state index >= 15 is 0 Å². The number of hydrogen-bond donors (Lipinski definition) is 1. The van der Waals surface area contributed by atoms with Crippen molar-refractivity contribution in [2.45, 2.75) is 24.8 Å². The molecule has 2 N–H and O–H groups in total. The van der Waals surface area contributed by atoms with Crippen LogP contribution in [0.25, 0.3) is 0 Å². The van der Waals surface area contributed by atoms with Gasteiger partial charge < -0.3 is 10.6 Å². The highest BCUT2D eigenvalue weighted by Crippen LogP contribution is 2.27. The molecule has 2 rings (SSSR count). The maximum absolute atomic E-state index is 12.7. The van der Waals surface area contributed by atoms with Crippen molar-refractivity contribution in [3.05, 3.63) is 23.8 Å². The van der Waals surface area contributed by atoms with E-state index in [0.29, 0.717) is 24.3 Å². The van der Waals surface area contributed by atoms with Crippen LogP contribution >= 0.6 is 0 Å². The number of benzene rings is 1. The van der Waals surface area contributed by atoms with Crippen molar-refractivity contribution in [3.63, 3.8) is 0 Å². The average Bonchev–Trinajstić information content (AvgIpc) is 2.32. The SMILES string of the molecule is Cc1cccc(N)c1S(=O)(=O)N1CCN(C)C(C)C1. The Morgan fingerprint density at radius 1 is 1.32 bits per heavy atom. The Labute approximate surface area is 115 Å². The van der Waals surface area contributed by atoms with E-state index in [2.05, 4.69) is 4.90 Å². The Bertz CT molecular complexity index is 551. The van der Waals surface area contributed by atoms with Gasteiger partial charge in [0.1, 0.15) is 4.90 Å². The van der Waals surface area contributed by atoms with Gasteiger partial charge in [-0.3, -0.25) is 0 Å². The van der Waals surface area contributed by atoms with Gasteiger partial charge in [-0.25, -0.2) is 8.42 Å². The van der Waals surface area contributed by atoms with Gasteiger partial charge in [0.15, 0.2) is 0 Å². The van der Waals surface area contributed by atoms with Crippen LogP contribution in [0.15, 0.2) is 23.1 Å². The molecule has 0 bridgehead atoms. The zero-order valence-electron chi connectivity index (χ0n) is 11.6. The summed E-state index contributed by atoms with van der Waals surface area (Å²) in [5, 5.41) is 0. The highest BCUT2D eigenvalue weighted by Gasteiger charge is 2.32. The first-order valence-corrected chi connectivity index (χ1v) is 7.83. The molecular formula is C13H21N3O2S. The number of sulfonamides is 1. The lowest BCUT2D eigenvalue weighted by Crippen LogP contribution is -2.52. The van der Waals surface area contributed by atoms with E-state index in [9.17, 15) is 8.42 Å². The Balaban J connectivity index is 2.38. The lowest BCUT2D eigenvalue weighted by Gasteiger charge is -2.37. The van der Waals surface area contributed by atoms with Crippen LogP contribution in [-0.2, 0) is 10.0 Å². The molecule has 0 spiro atoms. The van der Waals surface area contributed by atoms with Crippen molar-refractivity contribution in [2.75, 3.05) is 32.4 Å². The summed E-state index contributed by atoms with van der Waals surface area (Å²) in [5.41, 5.74) is 6.89. The number of aryl methyl sites for hydroxylation is 1. The van der Waals surface area contributed by atoms with E-state index in [0.717, 1.165) is 6.54 Å². The van der Waals surface area contributed by atoms with Crippen LogP contribution in [0.5, 0.6) is 0 Å².